The average molecular weight is 494 g/mol. The van der Waals surface area contributed by atoms with Crippen LogP contribution in [0.5, 0.6) is 0 Å². The van der Waals surface area contributed by atoms with Gasteiger partial charge >= 0.3 is 12.0 Å². The lowest BCUT2D eigenvalue weighted by Crippen LogP contribution is -2.39. The fourth-order valence-electron chi connectivity index (χ4n) is 4.43. The zero-order valence-corrected chi connectivity index (χ0v) is 20.9. The Morgan fingerprint density at radius 1 is 0.892 bits per heavy atom. The van der Waals surface area contributed by atoms with Gasteiger partial charge in [0.05, 0.1) is 0 Å². The third-order valence-corrected chi connectivity index (χ3v) is 6.91. The maximum atomic E-state index is 13.0. The molecule has 0 unspecified atom stereocenters. The largest absolute Gasteiger partial charge is 0.480 e. The number of carboxylic acids is 1. The molecule has 0 radical (unpaired) electrons. The molecular formula is C31H31N3O3. The van der Waals surface area contributed by atoms with Crippen LogP contribution in [0.1, 0.15) is 18.4 Å². The molecule has 0 spiro atoms. The van der Waals surface area contributed by atoms with Crippen LogP contribution in [-0.4, -0.2) is 36.7 Å². The lowest BCUT2D eigenvalue weighted by Gasteiger charge is -2.19. The van der Waals surface area contributed by atoms with Gasteiger partial charge in [-0.25, -0.2) is 4.79 Å². The highest BCUT2D eigenvalue weighted by Gasteiger charge is 2.25. The molecule has 188 valence electrons. The van der Waals surface area contributed by atoms with Crippen LogP contribution < -0.4 is 15.5 Å². The predicted octanol–water partition coefficient (Wildman–Crippen LogP) is 6.17. The number of carbonyl (C=O) groups is 2. The Bertz CT molecular complexity index is 1410. The minimum atomic E-state index is -0.817. The summed E-state index contributed by atoms with van der Waals surface area (Å²) < 4.78 is 0. The van der Waals surface area contributed by atoms with Crippen molar-refractivity contribution in [2.45, 2.75) is 25.3 Å². The van der Waals surface area contributed by atoms with Crippen molar-refractivity contribution in [3.63, 3.8) is 0 Å². The second-order valence-corrected chi connectivity index (χ2v) is 9.74. The Balaban J connectivity index is 1.25. The summed E-state index contributed by atoms with van der Waals surface area (Å²) in [6.07, 6.45) is 2.82. The standard InChI is InChI=1S/C31H31N3O3/c1-34(31(37)33-27-16-15-23-5-2-3-6-25(23)18-27)28-8-4-7-26(19-28)24-13-11-21(12-14-24)17-29(30(35)36)32-20-22-9-10-22/h2-8,11-16,18-19,22,29,32H,9-10,17,20H2,1H3,(H,33,37)(H,35,36)/t29-/m0/s1. The summed E-state index contributed by atoms with van der Waals surface area (Å²) in [6.45, 7) is 0.768. The van der Waals surface area contributed by atoms with Gasteiger partial charge in [-0.15, -0.1) is 0 Å². The van der Waals surface area contributed by atoms with Gasteiger partial charge in [0.25, 0.3) is 0 Å². The molecule has 0 bridgehead atoms. The van der Waals surface area contributed by atoms with E-state index in [2.05, 4.69) is 10.6 Å². The van der Waals surface area contributed by atoms with Crippen LogP contribution in [0.4, 0.5) is 16.2 Å². The molecule has 6 heteroatoms. The second-order valence-electron chi connectivity index (χ2n) is 9.74. The summed E-state index contributed by atoms with van der Waals surface area (Å²) in [6, 6.07) is 28.9. The molecule has 1 aliphatic rings. The van der Waals surface area contributed by atoms with Gasteiger partial charge < -0.3 is 15.7 Å². The highest BCUT2D eigenvalue weighted by molar-refractivity contribution is 6.02. The molecule has 1 atom stereocenters. The Labute approximate surface area is 216 Å². The summed E-state index contributed by atoms with van der Waals surface area (Å²) in [5.41, 5.74) is 4.48. The van der Waals surface area contributed by atoms with E-state index in [0.717, 1.165) is 45.4 Å². The van der Waals surface area contributed by atoms with Crippen molar-refractivity contribution in [3.8, 4) is 11.1 Å². The Kier molecular flexibility index (Phi) is 7.19. The first-order valence-corrected chi connectivity index (χ1v) is 12.7. The van der Waals surface area contributed by atoms with Crippen molar-refractivity contribution in [2.75, 3.05) is 23.8 Å². The van der Waals surface area contributed by atoms with Crippen LogP contribution in [-0.2, 0) is 11.2 Å². The number of nitrogens with zero attached hydrogens (tertiary/aromatic N) is 1. The molecule has 3 N–H and O–H groups in total. The molecular weight excluding hydrogens is 462 g/mol. The van der Waals surface area contributed by atoms with Crippen LogP contribution in [0, 0.1) is 5.92 Å². The molecule has 1 saturated carbocycles. The highest BCUT2D eigenvalue weighted by Crippen LogP contribution is 2.28. The molecule has 4 aromatic rings. The Morgan fingerprint density at radius 3 is 2.38 bits per heavy atom. The number of aliphatic carboxylic acids is 1. The van der Waals surface area contributed by atoms with Crippen molar-refractivity contribution in [1.29, 1.82) is 0 Å². The maximum Gasteiger partial charge on any atom is 0.326 e. The summed E-state index contributed by atoms with van der Waals surface area (Å²) in [4.78, 5) is 26.2. The molecule has 0 aromatic heterocycles. The SMILES string of the molecule is CN(C(=O)Nc1ccc2ccccc2c1)c1cccc(-c2ccc(C[C@H](NCC3CC3)C(=O)O)cc2)c1. The number of carbonyl (C=O) groups excluding carboxylic acids is 1. The van der Waals surface area contributed by atoms with Gasteiger partial charge in [0, 0.05) is 18.4 Å². The number of hydrogen-bond donors (Lipinski definition) is 3. The molecule has 1 fully saturated rings. The molecule has 6 nitrogen and oxygen atoms in total. The van der Waals surface area contributed by atoms with E-state index in [0.29, 0.717) is 12.3 Å². The quantitative estimate of drug-likeness (QED) is 0.260. The minimum absolute atomic E-state index is 0.221. The van der Waals surface area contributed by atoms with Crippen molar-refractivity contribution in [3.05, 3.63) is 96.6 Å². The van der Waals surface area contributed by atoms with Crippen LogP contribution in [0.15, 0.2) is 91.0 Å². The number of fused-ring (bicyclic) bond motifs is 1. The third kappa shape index (κ3) is 6.16. The van der Waals surface area contributed by atoms with Gasteiger partial charge in [-0.2, -0.15) is 0 Å². The molecule has 0 heterocycles. The number of rotatable bonds is 9. The van der Waals surface area contributed by atoms with E-state index >= 15 is 0 Å². The van der Waals surface area contributed by atoms with E-state index in [4.69, 9.17) is 0 Å². The summed E-state index contributed by atoms with van der Waals surface area (Å²) in [5, 5.41) is 17.9. The van der Waals surface area contributed by atoms with Crippen LogP contribution >= 0.6 is 0 Å². The minimum Gasteiger partial charge on any atom is -0.480 e. The lowest BCUT2D eigenvalue weighted by molar-refractivity contribution is -0.139. The topological polar surface area (TPSA) is 81.7 Å². The zero-order chi connectivity index (χ0) is 25.8. The number of urea groups is 1. The van der Waals surface area contributed by atoms with Gasteiger partial charge in [-0.1, -0.05) is 66.7 Å². The molecule has 37 heavy (non-hydrogen) atoms. The Hall–Kier alpha value is -4.16. The van der Waals surface area contributed by atoms with E-state index in [1.807, 2.05) is 91.0 Å². The summed E-state index contributed by atoms with van der Waals surface area (Å²) in [5.74, 6) is -0.188. The van der Waals surface area contributed by atoms with Gasteiger partial charge in [0.1, 0.15) is 6.04 Å². The first kappa shape index (κ1) is 24.5. The highest BCUT2D eigenvalue weighted by atomic mass is 16.4. The van der Waals surface area contributed by atoms with Crippen molar-refractivity contribution in [2.24, 2.45) is 5.92 Å². The summed E-state index contributed by atoms with van der Waals surface area (Å²) in [7, 11) is 1.75. The van der Waals surface area contributed by atoms with E-state index in [1.54, 1.807) is 11.9 Å². The van der Waals surface area contributed by atoms with Gasteiger partial charge in [0.2, 0.25) is 0 Å². The number of nitrogens with one attached hydrogen (secondary N) is 2. The normalized spacial score (nSPS) is 13.8. The monoisotopic (exact) mass is 493 g/mol. The number of benzene rings is 4. The van der Waals surface area contributed by atoms with Crippen LogP contribution in [0.3, 0.4) is 0 Å². The number of anilines is 2. The van der Waals surface area contributed by atoms with Crippen LogP contribution in [0.2, 0.25) is 0 Å². The van der Waals surface area contributed by atoms with Gasteiger partial charge in [0.15, 0.2) is 0 Å². The fourth-order valence-corrected chi connectivity index (χ4v) is 4.43. The predicted molar refractivity (Wildman–Crippen MR) is 149 cm³/mol. The van der Waals surface area contributed by atoms with E-state index in [1.165, 1.54) is 12.8 Å². The third-order valence-electron chi connectivity index (χ3n) is 6.91. The molecule has 2 amide bonds. The second kappa shape index (κ2) is 10.8. The van der Waals surface area contributed by atoms with Crippen molar-refractivity contribution in [1.82, 2.24) is 5.32 Å². The molecule has 1 aliphatic carbocycles. The summed E-state index contributed by atoms with van der Waals surface area (Å²) >= 11 is 0. The number of carboxylic acid groups (broad SMARTS) is 1. The maximum absolute atomic E-state index is 13.0. The first-order chi connectivity index (χ1) is 18.0. The van der Waals surface area contributed by atoms with E-state index in [-0.39, 0.29) is 6.03 Å². The molecule has 0 saturated heterocycles. The molecule has 0 aliphatic heterocycles. The Morgan fingerprint density at radius 2 is 1.65 bits per heavy atom. The smallest absolute Gasteiger partial charge is 0.326 e. The van der Waals surface area contributed by atoms with E-state index < -0.39 is 12.0 Å². The fraction of sp³-hybridized carbons (Fsp3) is 0.226. The lowest BCUT2D eigenvalue weighted by atomic mass is 10.00. The van der Waals surface area contributed by atoms with E-state index in [9.17, 15) is 14.7 Å². The van der Waals surface area contributed by atoms with Gasteiger partial charge in [-0.3, -0.25) is 9.69 Å². The zero-order valence-electron chi connectivity index (χ0n) is 20.9. The van der Waals surface area contributed by atoms with Crippen molar-refractivity contribution < 1.29 is 14.7 Å². The average Bonchev–Trinajstić information content (AvgIpc) is 3.75. The van der Waals surface area contributed by atoms with Crippen LogP contribution in [0.25, 0.3) is 21.9 Å². The van der Waals surface area contributed by atoms with Crippen molar-refractivity contribution >= 4 is 34.1 Å². The molecule has 4 aromatic carbocycles. The number of hydrogen-bond acceptors (Lipinski definition) is 3. The number of amides is 2. The first-order valence-electron chi connectivity index (χ1n) is 12.7. The van der Waals surface area contributed by atoms with Gasteiger partial charge in [-0.05, 0) is 83.5 Å². The molecule has 5 rings (SSSR count).